The highest BCUT2D eigenvalue weighted by Crippen LogP contribution is 2.08. The Hall–Kier alpha value is -6.12. The maximum Gasteiger partial charge on any atom is 0.303 e. The van der Waals surface area contributed by atoms with Gasteiger partial charge in [-0.2, -0.15) is 0 Å². The van der Waals surface area contributed by atoms with Gasteiger partial charge in [0, 0.05) is 19.4 Å². The highest BCUT2D eigenvalue weighted by atomic mass is 16.4. The summed E-state index contributed by atoms with van der Waals surface area (Å²) in [6, 6.07) is -15.4. The van der Waals surface area contributed by atoms with Gasteiger partial charge < -0.3 is 78.8 Å². The molecule has 372 valence electrons. The number of carbonyl (C=O) groups excluding carboxylic acids is 11. The quantitative estimate of drug-likeness (QED) is 0.0289. The SMILES string of the molecule is C[C@@H](O)[C@H](NC(=O)[C@H](CC(N)=O)NN[C@H](C=O)CO)C(=O)N[C@@H](CO)C(=O)NC1CCC(=O)NCCCCC(C(N)=O)NN[C@@H](CO)C(=O)N[C@@H](CCC(=O)O)C(=O)C(=O)[C@H](CO)NC1=O. The van der Waals surface area contributed by atoms with Crippen LogP contribution < -0.4 is 65.1 Å². The first kappa shape index (κ1) is 57.9. The summed E-state index contributed by atoms with van der Waals surface area (Å²) in [5.41, 5.74) is 20.0. The number of nitrogens with one attached hydrogen (secondary N) is 10. The van der Waals surface area contributed by atoms with E-state index in [1.54, 1.807) is 0 Å². The molecule has 1 aliphatic heterocycles. The number of carboxylic acid groups (broad SMARTS) is 1. The summed E-state index contributed by atoms with van der Waals surface area (Å²) in [5.74, 6) is -13.5. The lowest BCUT2D eigenvalue weighted by Crippen LogP contribution is -2.63. The number of aliphatic hydroxyl groups excluding tert-OH is 5. The molecule has 0 aromatic carbocycles. The zero-order valence-corrected chi connectivity index (χ0v) is 35.8. The van der Waals surface area contributed by atoms with Crippen molar-refractivity contribution in [2.24, 2.45) is 11.5 Å². The molecule has 0 radical (unpaired) electrons. The van der Waals surface area contributed by atoms with Crippen LogP contribution in [0.15, 0.2) is 0 Å². The number of amides is 8. The maximum absolute atomic E-state index is 13.7. The van der Waals surface area contributed by atoms with Crippen LogP contribution in [-0.4, -0.2) is 195 Å². The van der Waals surface area contributed by atoms with Gasteiger partial charge in [-0.05, 0) is 39.0 Å². The molecule has 8 amide bonds. The molecule has 1 rings (SSSR count). The van der Waals surface area contributed by atoms with Gasteiger partial charge in [0.15, 0.2) is 0 Å². The first-order valence-corrected chi connectivity index (χ1v) is 20.4. The number of nitrogens with two attached hydrogens (primary N) is 2. The van der Waals surface area contributed by atoms with Gasteiger partial charge in [-0.25, -0.2) is 21.7 Å². The predicted octanol–water partition coefficient (Wildman–Crippen LogP) is -10.9. The van der Waals surface area contributed by atoms with Crippen LogP contribution in [0.25, 0.3) is 0 Å². The lowest BCUT2D eigenvalue weighted by Gasteiger charge is -2.27. The number of hydrazine groups is 2. The molecule has 1 saturated heterocycles. The smallest absolute Gasteiger partial charge is 0.303 e. The van der Waals surface area contributed by atoms with Crippen LogP contribution >= 0.6 is 0 Å². The molecule has 0 bridgehead atoms. The topological polar surface area (TPSA) is 499 Å². The van der Waals surface area contributed by atoms with Gasteiger partial charge in [0.2, 0.25) is 58.8 Å². The Bertz CT molecular complexity index is 1740. The van der Waals surface area contributed by atoms with E-state index in [0.29, 0.717) is 0 Å². The van der Waals surface area contributed by atoms with Crippen molar-refractivity contribution in [1.82, 2.24) is 53.6 Å². The zero-order valence-electron chi connectivity index (χ0n) is 35.8. The minimum atomic E-state index is -2.12. The summed E-state index contributed by atoms with van der Waals surface area (Å²) in [4.78, 5) is 152. The molecule has 2 unspecified atom stereocenters. The number of aldehydes is 1. The second-order valence-electron chi connectivity index (χ2n) is 14.8. The number of carboxylic acids is 1. The molecule has 0 spiro atoms. The molecule has 1 aliphatic rings. The molecule has 1 fully saturated rings. The lowest BCUT2D eigenvalue weighted by molar-refractivity contribution is -0.143. The normalized spacial score (nSPS) is 23.1. The summed E-state index contributed by atoms with van der Waals surface area (Å²) >= 11 is 0. The average molecular weight is 949 g/mol. The standard InChI is InChI=1S/C36H60N12O18/c1-16(54)28(44-33(63)21(10-25(37)55)47-45-17(11-49)12-50)36(66)43-23(14-52)34(64)41-20-5-7-26(56)39-9-3-2-4-19(31(38)61)46-48-24(15-53)35(65)40-18(6-8-27(57)58)29(59)30(60)22(13-51)42-32(20)62/h11,16-24,28,45-48,50-54H,2-10,12-15H2,1H3,(H2,37,55)(H2,38,61)(H,39,56)(H,40,65)(H,41,64)(H,42,62)(H,43,66)(H,44,63)(H,57,58)/t16-,17-,18+,19?,20?,21+,22+,23+,24+,28+/m1/s1. The molecule has 1 heterocycles. The van der Waals surface area contributed by atoms with Crippen molar-refractivity contribution in [3.8, 4) is 0 Å². The molecule has 0 aromatic heterocycles. The number of aliphatic carboxylic acids is 1. The highest BCUT2D eigenvalue weighted by molar-refractivity contribution is 6.41. The van der Waals surface area contributed by atoms with Crippen LogP contribution in [0, 0.1) is 0 Å². The van der Waals surface area contributed by atoms with E-state index in [-0.39, 0.29) is 32.1 Å². The Balaban J connectivity index is 3.48. The maximum atomic E-state index is 13.7. The minimum Gasteiger partial charge on any atom is -0.481 e. The van der Waals surface area contributed by atoms with E-state index in [1.807, 2.05) is 5.32 Å². The number of hydrogen-bond donors (Lipinski definition) is 18. The third-order valence-corrected chi connectivity index (χ3v) is 9.55. The molecule has 66 heavy (non-hydrogen) atoms. The van der Waals surface area contributed by atoms with Crippen molar-refractivity contribution in [1.29, 1.82) is 0 Å². The van der Waals surface area contributed by atoms with Gasteiger partial charge in [-0.1, -0.05) is 0 Å². The fourth-order valence-electron chi connectivity index (χ4n) is 5.76. The molecule has 10 atom stereocenters. The van der Waals surface area contributed by atoms with Gasteiger partial charge in [0.05, 0.1) is 57.1 Å². The number of rotatable bonds is 21. The number of ketones is 2. The Morgan fingerprint density at radius 1 is 0.773 bits per heavy atom. The molecule has 0 aromatic rings. The lowest BCUT2D eigenvalue weighted by atomic mass is 9.98. The van der Waals surface area contributed by atoms with E-state index in [2.05, 4.69) is 48.3 Å². The molecular formula is C36H60N12O18. The molecule has 0 saturated carbocycles. The predicted molar refractivity (Wildman–Crippen MR) is 219 cm³/mol. The summed E-state index contributed by atoms with van der Waals surface area (Å²) in [6.07, 6.45) is -4.26. The molecule has 30 heteroatoms. The number of primary amides is 2. The largest absolute Gasteiger partial charge is 0.481 e. The Morgan fingerprint density at radius 3 is 1.95 bits per heavy atom. The van der Waals surface area contributed by atoms with Crippen molar-refractivity contribution >= 4 is 71.1 Å². The third-order valence-electron chi connectivity index (χ3n) is 9.55. The first-order valence-electron chi connectivity index (χ1n) is 20.4. The van der Waals surface area contributed by atoms with Gasteiger partial charge in [-0.3, -0.25) is 52.7 Å². The van der Waals surface area contributed by atoms with Crippen LogP contribution in [0.4, 0.5) is 0 Å². The molecule has 20 N–H and O–H groups in total. The Kier molecular flexibility index (Phi) is 26.5. The summed E-state index contributed by atoms with van der Waals surface area (Å²) in [6.45, 7) is -3.14. The van der Waals surface area contributed by atoms with E-state index in [1.165, 1.54) is 0 Å². The monoisotopic (exact) mass is 948 g/mol. The van der Waals surface area contributed by atoms with Crippen LogP contribution in [0.3, 0.4) is 0 Å². The Morgan fingerprint density at radius 2 is 1.41 bits per heavy atom. The number of Topliss-reactive ketones (excluding diaryl/α,β-unsaturated/α-hetero) is 2. The summed E-state index contributed by atoms with van der Waals surface area (Å²) in [7, 11) is 0. The van der Waals surface area contributed by atoms with Gasteiger partial charge >= 0.3 is 5.97 Å². The van der Waals surface area contributed by atoms with Gasteiger partial charge in [-0.15, -0.1) is 0 Å². The molecule has 30 nitrogen and oxygen atoms in total. The number of aliphatic hydroxyl groups is 5. The van der Waals surface area contributed by atoms with E-state index in [0.717, 1.165) is 6.92 Å². The van der Waals surface area contributed by atoms with Crippen LogP contribution in [-0.2, 0) is 57.5 Å². The van der Waals surface area contributed by atoms with Crippen molar-refractivity contribution in [2.45, 2.75) is 119 Å². The van der Waals surface area contributed by atoms with E-state index >= 15 is 0 Å². The van der Waals surface area contributed by atoms with Gasteiger partial charge in [0.25, 0.3) is 0 Å². The number of carbonyl (C=O) groups is 12. The van der Waals surface area contributed by atoms with Crippen molar-refractivity contribution in [2.75, 3.05) is 33.0 Å². The van der Waals surface area contributed by atoms with Crippen molar-refractivity contribution in [3.05, 3.63) is 0 Å². The second-order valence-corrected chi connectivity index (χ2v) is 14.8. The highest BCUT2D eigenvalue weighted by Gasteiger charge is 2.37. The number of hydrogen-bond acceptors (Lipinski definition) is 21. The fourth-order valence-corrected chi connectivity index (χ4v) is 5.76. The molecular weight excluding hydrogens is 888 g/mol. The molecule has 0 aliphatic carbocycles. The Labute approximate surface area is 375 Å². The minimum absolute atomic E-state index is 0.0148. The van der Waals surface area contributed by atoms with Crippen LogP contribution in [0.1, 0.15) is 58.3 Å². The van der Waals surface area contributed by atoms with Crippen LogP contribution in [0.5, 0.6) is 0 Å². The van der Waals surface area contributed by atoms with E-state index in [4.69, 9.17) is 11.5 Å². The zero-order chi connectivity index (χ0) is 50.1. The van der Waals surface area contributed by atoms with E-state index < -0.39 is 184 Å². The van der Waals surface area contributed by atoms with Gasteiger partial charge in [0.1, 0.15) is 42.5 Å². The summed E-state index contributed by atoms with van der Waals surface area (Å²) < 4.78 is 0. The first-order chi connectivity index (χ1) is 31.1. The fraction of sp³-hybridized carbons (Fsp3) is 0.667. The third kappa shape index (κ3) is 20.4. The van der Waals surface area contributed by atoms with E-state index in [9.17, 15) is 88.2 Å². The average Bonchev–Trinajstić information content (AvgIpc) is 3.26. The second kappa shape index (κ2) is 30.2. The summed E-state index contributed by atoms with van der Waals surface area (Å²) in [5, 5.41) is 71.9. The van der Waals surface area contributed by atoms with Crippen molar-refractivity contribution in [3.63, 3.8) is 0 Å². The van der Waals surface area contributed by atoms with Crippen LogP contribution in [0.2, 0.25) is 0 Å². The van der Waals surface area contributed by atoms with Crippen molar-refractivity contribution < 1.29 is 88.2 Å².